The third kappa shape index (κ3) is 4.42. The zero-order valence-electron chi connectivity index (χ0n) is 15.2. The van der Waals surface area contributed by atoms with E-state index in [1.807, 2.05) is 23.1 Å². The molecule has 1 aromatic carbocycles. The lowest BCUT2D eigenvalue weighted by Crippen LogP contribution is -2.34. The molecular formula is C19H28N2O3S. The van der Waals surface area contributed by atoms with Crippen molar-refractivity contribution < 1.29 is 14.3 Å². The van der Waals surface area contributed by atoms with Crippen molar-refractivity contribution in [2.75, 3.05) is 46.2 Å². The third-order valence-corrected chi connectivity index (χ3v) is 6.23. The summed E-state index contributed by atoms with van der Waals surface area (Å²) in [7, 11) is 3.32. The standard InChI is InChI=1S/C19H28N2O3S/c1-23-15-7-8-16(17(13-15)24-2)19-21(18(22)14-25-19)12-6-11-20-9-4-3-5-10-20/h7-8,13,19H,3-6,9-12,14H2,1-2H3. The van der Waals surface area contributed by atoms with Crippen LogP contribution < -0.4 is 9.47 Å². The second-order valence-corrected chi connectivity index (χ2v) is 7.68. The van der Waals surface area contributed by atoms with Gasteiger partial charge >= 0.3 is 0 Å². The van der Waals surface area contributed by atoms with Crippen LogP contribution in [0.2, 0.25) is 0 Å². The van der Waals surface area contributed by atoms with E-state index >= 15 is 0 Å². The van der Waals surface area contributed by atoms with Crippen LogP contribution in [-0.4, -0.2) is 61.9 Å². The Morgan fingerprint density at radius 1 is 1.12 bits per heavy atom. The van der Waals surface area contributed by atoms with Gasteiger partial charge in [-0.2, -0.15) is 0 Å². The lowest BCUT2D eigenvalue weighted by Gasteiger charge is -2.29. The summed E-state index contributed by atoms with van der Waals surface area (Å²) in [5.74, 6) is 2.33. The molecule has 1 atom stereocenters. The average molecular weight is 365 g/mol. The Morgan fingerprint density at radius 3 is 2.64 bits per heavy atom. The Bertz CT molecular complexity index is 590. The van der Waals surface area contributed by atoms with Crippen LogP contribution in [0.1, 0.15) is 36.6 Å². The van der Waals surface area contributed by atoms with E-state index in [1.54, 1.807) is 26.0 Å². The van der Waals surface area contributed by atoms with Gasteiger partial charge in [-0.25, -0.2) is 0 Å². The highest BCUT2D eigenvalue weighted by molar-refractivity contribution is 8.00. The number of amides is 1. The molecule has 2 aliphatic heterocycles. The predicted octanol–water partition coefficient (Wildman–Crippen LogP) is 3.15. The Balaban J connectivity index is 1.65. The summed E-state index contributed by atoms with van der Waals surface area (Å²) in [6.45, 7) is 4.31. The molecule has 0 saturated carbocycles. The normalized spacial score (nSPS) is 21.6. The van der Waals surface area contributed by atoms with Crippen LogP contribution in [0.5, 0.6) is 11.5 Å². The second-order valence-electron chi connectivity index (χ2n) is 6.61. The maximum atomic E-state index is 12.4. The molecular weight excluding hydrogens is 336 g/mol. The zero-order chi connectivity index (χ0) is 17.6. The number of carbonyl (C=O) groups is 1. The molecule has 2 heterocycles. The summed E-state index contributed by atoms with van der Waals surface area (Å²) in [5.41, 5.74) is 1.05. The maximum absolute atomic E-state index is 12.4. The van der Waals surface area contributed by atoms with Crippen molar-refractivity contribution >= 4 is 17.7 Å². The van der Waals surface area contributed by atoms with E-state index in [0.717, 1.165) is 36.6 Å². The van der Waals surface area contributed by atoms with Gasteiger partial charge in [-0.15, -0.1) is 11.8 Å². The van der Waals surface area contributed by atoms with E-state index < -0.39 is 0 Å². The van der Waals surface area contributed by atoms with Crippen LogP contribution in [0.25, 0.3) is 0 Å². The largest absolute Gasteiger partial charge is 0.497 e. The minimum absolute atomic E-state index is 0.0368. The first kappa shape index (κ1) is 18.4. The average Bonchev–Trinajstić information content (AvgIpc) is 3.02. The molecule has 0 spiro atoms. The van der Waals surface area contributed by atoms with Crippen molar-refractivity contribution in [1.82, 2.24) is 9.80 Å². The number of hydrogen-bond acceptors (Lipinski definition) is 5. The second kappa shape index (κ2) is 8.81. The van der Waals surface area contributed by atoms with Gasteiger partial charge in [0.25, 0.3) is 0 Å². The van der Waals surface area contributed by atoms with E-state index in [-0.39, 0.29) is 11.3 Å². The molecule has 1 aromatic rings. The summed E-state index contributed by atoms with van der Waals surface area (Å²) in [4.78, 5) is 16.9. The topological polar surface area (TPSA) is 42.0 Å². The van der Waals surface area contributed by atoms with Gasteiger partial charge < -0.3 is 19.3 Å². The first-order valence-electron chi connectivity index (χ1n) is 9.08. The van der Waals surface area contributed by atoms with Crippen molar-refractivity contribution in [2.45, 2.75) is 31.1 Å². The summed E-state index contributed by atoms with van der Waals surface area (Å²) in [6, 6.07) is 5.85. The van der Waals surface area contributed by atoms with E-state index in [9.17, 15) is 4.79 Å². The monoisotopic (exact) mass is 364 g/mol. The quantitative estimate of drug-likeness (QED) is 0.743. The Kier molecular flexibility index (Phi) is 6.48. The number of hydrogen-bond donors (Lipinski definition) is 0. The first-order chi connectivity index (χ1) is 12.2. The van der Waals surface area contributed by atoms with Crippen LogP contribution in [0.3, 0.4) is 0 Å². The van der Waals surface area contributed by atoms with Crippen molar-refractivity contribution in [3.05, 3.63) is 23.8 Å². The van der Waals surface area contributed by atoms with Crippen LogP contribution in [0.4, 0.5) is 0 Å². The van der Waals surface area contributed by atoms with Gasteiger partial charge in [0.2, 0.25) is 5.91 Å². The molecule has 1 unspecified atom stereocenters. The zero-order valence-corrected chi connectivity index (χ0v) is 16.0. The summed E-state index contributed by atoms with van der Waals surface area (Å²) in [6.07, 6.45) is 5.01. The maximum Gasteiger partial charge on any atom is 0.233 e. The minimum atomic E-state index is 0.0368. The number of carbonyl (C=O) groups excluding carboxylic acids is 1. The molecule has 6 heteroatoms. The molecule has 0 aliphatic carbocycles. The minimum Gasteiger partial charge on any atom is -0.497 e. The van der Waals surface area contributed by atoms with Gasteiger partial charge in [0, 0.05) is 18.2 Å². The fourth-order valence-corrected chi connectivity index (χ4v) is 4.87. The van der Waals surface area contributed by atoms with Crippen molar-refractivity contribution in [3.63, 3.8) is 0 Å². The highest BCUT2D eigenvalue weighted by atomic mass is 32.2. The number of piperidine rings is 1. The van der Waals surface area contributed by atoms with Crippen molar-refractivity contribution in [1.29, 1.82) is 0 Å². The number of nitrogens with zero attached hydrogens (tertiary/aromatic N) is 2. The highest BCUT2D eigenvalue weighted by Gasteiger charge is 2.34. The first-order valence-corrected chi connectivity index (χ1v) is 10.1. The number of benzene rings is 1. The van der Waals surface area contributed by atoms with Crippen molar-refractivity contribution in [2.24, 2.45) is 0 Å². The number of ether oxygens (including phenoxy) is 2. The van der Waals surface area contributed by atoms with E-state index in [4.69, 9.17) is 9.47 Å². The van der Waals surface area contributed by atoms with E-state index in [1.165, 1.54) is 32.4 Å². The lowest BCUT2D eigenvalue weighted by atomic mass is 10.1. The molecule has 3 rings (SSSR count). The summed E-state index contributed by atoms with van der Waals surface area (Å²) < 4.78 is 10.8. The molecule has 2 aliphatic rings. The van der Waals surface area contributed by atoms with Crippen LogP contribution >= 0.6 is 11.8 Å². The highest BCUT2D eigenvalue weighted by Crippen LogP contribution is 2.43. The molecule has 2 fully saturated rings. The van der Waals surface area contributed by atoms with Gasteiger partial charge in [-0.3, -0.25) is 4.79 Å². The Hall–Kier alpha value is -1.40. The SMILES string of the molecule is COc1ccc(C2SCC(=O)N2CCCN2CCCCC2)c(OC)c1. The third-order valence-electron chi connectivity index (χ3n) is 5.00. The molecule has 2 saturated heterocycles. The molecule has 0 bridgehead atoms. The smallest absolute Gasteiger partial charge is 0.233 e. The number of methoxy groups -OCH3 is 2. The molecule has 138 valence electrons. The molecule has 1 amide bonds. The van der Waals surface area contributed by atoms with Crippen LogP contribution in [0.15, 0.2) is 18.2 Å². The van der Waals surface area contributed by atoms with E-state index in [2.05, 4.69) is 4.90 Å². The Labute approximate surface area is 154 Å². The van der Waals surface area contributed by atoms with Crippen LogP contribution in [-0.2, 0) is 4.79 Å². The number of thioether (sulfide) groups is 1. The molecule has 5 nitrogen and oxygen atoms in total. The lowest BCUT2D eigenvalue weighted by molar-refractivity contribution is -0.128. The predicted molar refractivity (Wildman–Crippen MR) is 101 cm³/mol. The van der Waals surface area contributed by atoms with Crippen molar-refractivity contribution in [3.8, 4) is 11.5 Å². The fraction of sp³-hybridized carbons (Fsp3) is 0.632. The van der Waals surface area contributed by atoms with Gasteiger partial charge in [0.1, 0.15) is 16.9 Å². The molecule has 0 N–H and O–H groups in total. The molecule has 0 radical (unpaired) electrons. The summed E-state index contributed by atoms with van der Waals surface area (Å²) in [5, 5.41) is 0.0368. The fourth-order valence-electron chi connectivity index (χ4n) is 3.62. The summed E-state index contributed by atoms with van der Waals surface area (Å²) >= 11 is 1.68. The Morgan fingerprint density at radius 2 is 1.92 bits per heavy atom. The van der Waals surface area contributed by atoms with Gasteiger partial charge in [0.05, 0.1) is 20.0 Å². The van der Waals surface area contributed by atoms with Gasteiger partial charge in [-0.05, 0) is 51.0 Å². The molecule has 25 heavy (non-hydrogen) atoms. The van der Waals surface area contributed by atoms with Gasteiger partial charge in [0.15, 0.2) is 0 Å². The molecule has 0 aromatic heterocycles. The van der Waals surface area contributed by atoms with E-state index in [0.29, 0.717) is 5.75 Å². The number of likely N-dealkylation sites (tertiary alicyclic amines) is 1. The number of rotatable bonds is 7. The van der Waals surface area contributed by atoms with Crippen LogP contribution in [0, 0.1) is 0 Å². The van der Waals surface area contributed by atoms with Gasteiger partial charge in [-0.1, -0.05) is 6.42 Å².